The lowest BCUT2D eigenvalue weighted by Crippen LogP contribution is -1.88. The average molecular weight is 365 g/mol. The fourth-order valence-corrected chi connectivity index (χ4v) is 2.72. The van der Waals surface area contributed by atoms with Crippen molar-refractivity contribution in [2.45, 2.75) is 6.92 Å². The van der Waals surface area contributed by atoms with Crippen LogP contribution in [-0.2, 0) is 0 Å². The van der Waals surface area contributed by atoms with Crippen LogP contribution in [0.25, 0.3) is 22.8 Å². The number of hydrogen-bond acceptors (Lipinski definition) is 4. The van der Waals surface area contributed by atoms with E-state index in [1.54, 1.807) is 18.2 Å². The number of halogens is 2. The molecule has 2 N–H and O–H groups in total. The Morgan fingerprint density at radius 1 is 1.19 bits per heavy atom. The van der Waals surface area contributed by atoms with Gasteiger partial charge in [-0.1, -0.05) is 38.8 Å². The first-order valence-electron chi connectivity index (χ1n) is 6.20. The summed E-state index contributed by atoms with van der Waals surface area (Å²) in [7, 11) is 0. The number of hydrogen-bond donors (Lipinski definition) is 1. The van der Waals surface area contributed by atoms with E-state index in [0.29, 0.717) is 22.4 Å². The highest BCUT2D eigenvalue weighted by atomic mass is 79.9. The van der Waals surface area contributed by atoms with Crippen LogP contribution in [-0.4, -0.2) is 10.1 Å². The van der Waals surface area contributed by atoms with Crippen LogP contribution in [0.1, 0.15) is 5.56 Å². The van der Waals surface area contributed by atoms with Crippen LogP contribution in [0.15, 0.2) is 45.4 Å². The molecule has 0 bridgehead atoms. The molecule has 0 aliphatic carbocycles. The van der Waals surface area contributed by atoms with E-state index in [0.717, 1.165) is 21.2 Å². The zero-order valence-corrected chi connectivity index (χ0v) is 13.4. The Labute approximate surface area is 135 Å². The molecular formula is C15H11BrClN3O. The second kappa shape index (κ2) is 5.50. The maximum atomic E-state index is 5.91. The van der Waals surface area contributed by atoms with Crippen LogP contribution in [0, 0.1) is 6.92 Å². The van der Waals surface area contributed by atoms with Crippen LogP contribution in [0.5, 0.6) is 0 Å². The van der Waals surface area contributed by atoms with Crippen molar-refractivity contribution in [3.63, 3.8) is 0 Å². The van der Waals surface area contributed by atoms with Gasteiger partial charge in [-0.2, -0.15) is 4.98 Å². The molecule has 0 spiro atoms. The predicted molar refractivity (Wildman–Crippen MR) is 87.0 cm³/mol. The number of nitrogens with zero attached hydrogens (tertiary/aromatic N) is 2. The van der Waals surface area contributed by atoms with Crippen molar-refractivity contribution in [3.8, 4) is 22.8 Å². The zero-order chi connectivity index (χ0) is 15.0. The van der Waals surface area contributed by atoms with Crippen LogP contribution < -0.4 is 5.73 Å². The third kappa shape index (κ3) is 2.80. The summed E-state index contributed by atoms with van der Waals surface area (Å²) in [6.45, 7) is 2.02. The number of anilines is 1. The molecule has 106 valence electrons. The first-order valence-corrected chi connectivity index (χ1v) is 7.37. The molecule has 0 amide bonds. The fraction of sp³-hybridized carbons (Fsp3) is 0.0667. The van der Waals surface area contributed by atoms with E-state index in [-0.39, 0.29) is 0 Å². The van der Waals surface area contributed by atoms with Crippen LogP contribution in [0.4, 0.5) is 5.69 Å². The van der Waals surface area contributed by atoms with Gasteiger partial charge in [0.05, 0.1) is 10.7 Å². The SMILES string of the molecule is Cc1ccc(-c2noc(-c3ccc(Cl)c(N)c3)n2)c(Br)c1. The Morgan fingerprint density at radius 3 is 2.71 bits per heavy atom. The first kappa shape index (κ1) is 14.1. The molecule has 1 aromatic heterocycles. The molecule has 3 aromatic rings. The van der Waals surface area contributed by atoms with Crippen molar-refractivity contribution in [2.75, 3.05) is 5.73 Å². The number of aromatic nitrogens is 2. The summed E-state index contributed by atoms with van der Waals surface area (Å²) in [5.41, 5.74) is 9.03. The lowest BCUT2D eigenvalue weighted by Gasteiger charge is -2.00. The summed E-state index contributed by atoms with van der Waals surface area (Å²) >= 11 is 9.42. The van der Waals surface area contributed by atoms with E-state index in [1.165, 1.54) is 0 Å². The van der Waals surface area contributed by atoms with Crippen molar-refractivity contribution in [1.29, 1.82) is 0 Å². The summed E-state index contributed by atoms with van der Waals surface area (Å²) < 4.78 is 6.23. The predicted octanol–water partition coefficient (Wildman–Crippen LogP) is 4.71. The van der Waals surface area contributed by atoms with Gasteiger partial charge in [-0.25, -0.2) is 0 Å². The van der Waals surface area contributed by atoms with E-state index in [9.17, 15) is 0 Å². The Kier molecular flexibility index (Phi) is 3.69. The van der Waals surface area contributed by atoms with Crippen LogP contribution in [0.3, 0.4) is 0 Å². The van der Waals surface area contributed by atoms with E-state index in [1.807, 2.05) is 25.1 Å². The molecule has 0 atom stereocenters. The Morgan fingerprint density at radius 2 is 2.00 bits per heavy atom. The lowest BCUT2D eigenvalue weighted by atomic mass is 10.1. The maximum Gasteiger partial charge on any atom is 0.258 e. The van der Waals surface area contributed by atoms with Gasteiger partial charge in [-0.15, -0.1) is 0 Å². The van der Waals surface area contributed by atoms with Crippen LogP contribution >= 0.6 is 27.5 Å². The minimum atomic E-state index is 0.404. The van der Waals surface area contributed by atoms with Crippen molar-refractivity contribution < 1.29 is 4.52 Å². The van der Waals surface area contributed by atoms with E-state index in [4.69, 9.17) is 21.9 Å². The summed E-state index contributed by atoms with van der Waals surface area (Å²) in [6.07, 6.45) is 0. The average Bonchev–Trinajstić information content (AvgIpc) is 2.91. The normalized spacial score (nSPS) is 10.8. The van der Waals surface area contributed by atoms with Gasteiger partial charge in [-0.3, -0.25) is 0 Å². The van der Waals surface area contributed by atoms with Gasteiger partial charge in [0.1, 0.15) is 0 Å². The molecule has 0 aliphatic heterocycles. The van der Waals surface area contributed by atoms with Crippen molar-refractivity contribution in [1.82, 2.24) is 10.1 Å². The van der Waals surface area contributed by atoms with Crippen molar-refractivity contribution in [3.05, 3.63) is 51.5 Å². The molecule has 0 aliphatic rings. The van der Waals surface area contributed by atoms with Crippen LogP contribution in [0.2, 0.25) is 5.02 Å². The molecule has 21 heavy (non-hydrogen) atoms. The Balaban J connectivity index is 2.01. The quantitative estimate of drug-likeness (QED) is 0.669. The highest BCUT2D eigenvalue weighted by molar-refractivity contribution is 9.10. The van der Waals surface area contributed by atoms with E-state index < -0.39 is 0 Å². The number of nitrogens with two attached hydrogens (primary N) is 1. The highest BCUT2D eigenvalue weighted by Gasteiger charge is 2.13. The zero-order valence-electron chi connectivity index (χ0n) is 11.1. The lowest BCUT2D eigenvalue weighted by molar-refractivity contribution is 0.432. The monoisotopic (exact) mass is 363 g/mol. The minimum Gasteiger partial charge on any atom is -0.398 e. The molecule has 4 nitrogen and oxygen atoms in total. The number of rotatable bonds is 2. The smallest absolute Gasteiger partial charge is 0.258 e. The molecule has 3 rings (SSSR count). The third-order valence-corrected chi connectivity index (χ3v) is 4.03. The highest BCUT2D eigenvalue weighted by Crippen LogP contribution is 2.30. The molecular weight excluding hydrogens is 354 g/mol. The van der Waals surface area contributed by atoms with Gasteiger partial charge in [0.25, 0.3) is 5.89 Å². The molecule has 1 heterocycles. The molecule has 0 unspecified atom stereocenters. The summed E-state index contributed by atoms with van der Waals surface area (Å²) in [4.78, 5) is 4.41. The van der Waals surface area contributed by atoms with E-state index in [2.05, 4.69) is 26.1 Å². The number of benzene rings is 2. The maximum absolute atomic E-state index is 5.91. The third-order valence-electron chi connectivity index (χ3n) is 3.03. The molecule has 0 radical (unpaired) electrons. The molecule has 0 saturated carbocycles. The van der Waals surface area contributed by atoms with E-state index >= 15 is 0 Å². The second-order valence-electron chi connectivity index (χ2n) is 4.64. The number of aryl methyl sites for hydroxylation is 1. The van der Waals surface area contributed by atoms with Crippen molar-refractivity contribution in [2.24, 2.45) is 0 Å². The van der Waals surface area contributed by atoms with Crippen molar-refractivity contribution >= 4 is 33.2 Å². The largest absolute Gasteiger partial charge is 0.398 e. The molecule has 6 heteroatoms. The number of nitrogen functional groups attached to an aromatic ring is 1. The summed E-state index contributed by atoms with van der Waals surface area (Å²) in [5.74, 6) is 0.922. The standard InChI is InChI=1S/C15H11BrClN3O/c1-8-2-4-10(11(16)6-8)14-19-15(21-20-14)9-3-5-12(17)13(18)7-9/h2-7H,18H2,1H3. The fourth-order valence-electron chi connectivity index (χ4n) is 1.93. The summed E-state index contributed by atoms with van der Waals surface area (Å²) in [5, 5.41) is 4.52. The first-order chi connectivity index (χ1) is 10.0. The van der Waals surface area contributed by atoms with Gasteiger partial charge in [0.2, 0.25) is 5.82 Å². The molecule has 0 saturated heterocycles. The van der Waals surface area contributed by atoms with Gasteiger partial charge >= 0.3 is 0 Å². The van der Waals surface area contributed by atoms with Gasteiger partial charge in [-0.05, 0) is 42.8 Å². The summed E-state index contributed by atoms with van der Waals surface area (Å²) in [6, 6.07) is 11.2. The Hall–Kier alpha value is -1.85. The second-order valence-corrected chi connectivity index (χ2v) is 5.90. The van der Waals surface area contributed by atoms with Gasteiger partial charge < -0.3 is 10.3 Å². The Bertz CT molecular complexity index is 816. The van der Waals surface area contributed by atoms with Gasteiger partial charge in [0.15, 0.2) is 0 Å². The minimum absolute atomic E-state index is 0.404. The topological polar surface area (TPSA) is 64.9 Å². The molecule has 2 aromatic carbocycles. The molecule has 0 fully saturated rings. The van der Waals surface area contributed by atoms with Gasteiger partial charge in [0, 0.05) is 15.6 Å².